The molecule has 0 saturated heterocycles. The lowest BCUT2D eigenvalue weighted by Crippen LogP contribution is -2.31. The zero-order valence-electron chi connectivity index (χ0n) is 14.2. The van der Waals surface area contributed by atoms with Crippen molar-refractivity contribution in [1.29, 1.82) is 0 Å². The third-order valence-electron chi connectivity index (χ3n) is 3.91. The number of anilines is 1. The van der Waals surface area contributed by atoms with Gasteiger partial charge in [-0.2, -0.15) is 0 Å². The molecule has 25 heavy (non-hydrogen) atoms. The molecule has 1 aliphatic carbocycles. The van der Waals surface area contributed by atoms with Crippen LogP contribution >= 0.6 is 0 Å². The van der Waals surface area contributed by atoms with Gasteiger partial charge >= 0.3 is 0 Å². The summed E-state index contributed by atoms with van der Waals surface area (Å²) in [6, 6.07) is 6.14. The van der Waals surface area contributed by atoms with E-state index in [2.05, 4.69) is 17.2 Å². The molecule has 1 fully saturated rings. The number of hydrogen-bond donors (Lipinski definition) is 2. The summed E-state index contributed by atoms with van der Waals surface area (Å²) in [5, 5.41) is 5.37. The highest BCUT2D eigenvalue weighted by Gasteiger charge is 2.29. The minimum Gasteiger partial charge on any atom is -0.353 e. The molecule has 1 aliphatic rings. The van der Waals surface area contributed by atoms with Crippen molar-refractivity contribution < 1.29 is 18.0 Å². The molecule has 2 N–H and O–H groups in total. The summed E-state index contributed by atoms with van der Waals surface area (Å²) in [6.45, 7) is 4.00. The smallest absolute Gasteiger partial charge is 0.243 e. The van der Waals surface area contributed by atoms with Gasteiger partial charge in [-0.1, -0.05) is 6.58 Å². The zero-order valence-corrected chi connectivity index (χ0v) is 15.0. The van der Waals surface area contributed by atoms with E-state index in [1.54, 1.807) is 12.1 Å². The number of amides is 2. The van der Waals surface area contributed by atoms with Crippen LogP contribution in [0, 0.1) is 5.92 Å². The van der Waals surface area contributed by atoms with Crippen molar-refractivity contribution >= 4 is 27.5 Å². The Morgan fingerprint density at radius 3 is 2.48 bits per heavy atom. The molecule has 0 atom stereocenters. The molecule has 0 radical (unpaired) electrons. The number of nitrogens with one attached hydrogen (secondary N) is 2. The first kappa shape index (κ1) is 19.1. The van der Waals surface area contributed by atoms with Gasteiger partial charge < -0.3 is 10.6 Å². The molecule has 1 aromatic carbocycles. The van der Waals surface area contributed by atoms with Gasteiger partial charge in [-0.15, -0.1) is 0 Å². The molecule has 0 unspecified atom stereocenters. The first-order chi connectivity index (χ1) is 11.8. The molecule has 2 rings (SSSR count). The highest BCUT2D eigenvalue weighted by atomic mass is 32.2. The van der Waals surface area contributed by atoms with Crippen molar-refractivity contribution in [3.05, 3.63) is 36.9 Å². The van der Waals surface area contributed by atoms with Crippen LogP contribution in [0.25, 0.3) is 0 Å². The SMILES string of the molecule is C=CC(=O)NCCCN(C)S(=O)(=O)c1ccc(NC(=O)C2CC2)cc1. The molecular formula is C17H23N3O4S. The van der Waals surface area contributed by atoms with Crippen LogP contribution in [0.15, 0.2) is 41.8 Å². The number of hydrogen-bond acceptors (Lipinski definition) is 4. The maximum atomic E-state index is 12.5. The topological polar surface area (TPSA) is 95.6 Å². The number of carbonyl (C=O) groups is 2. The van der Waals surface area contributed by atoms with Gasteiger partial charge in [-0.25, -0.2) is 12.7 Å². The molecule has 1 saturated carbocycles. The van der Waals surface area contributed by atoms with Crippen LogP contribution in [0.1, 0.15) is 19.3 Å². The summed E-state index contributed by atoms with van der Waals surface area (Å²) in [5.41, 5.74) is 0.589. The molecule has 1 aromatic rings. The normalized spacial score (nSPS) is 14.2. The molecule has 0 bridgehead atoms. The molecule has 0 heterocycles. The Morgan fingerprint density at radius 2 is 1.92 bits per heavy atom. The van der Waals surface area contributed by atoms with Crippen molar-refractivity contribution in [3.63, 3.8) is 0 Å². The van der Waals surface area contributed by atoms with E-state index in [4.69, 9.17) is 0 Å². The molecule has 0 spiro atoms. The van der Waals surface area contributed by atoms with Gasteiger partial charge in [0.25, 0.3) is 0 Å². The van der Waals surface area contributed by atoms with Crippen LogP contribution in [0.3, 0.4) is 0 Å². The van der Waals surface area contributed by atoms with Crippen molar-refractivity contribution in [2.75, 3.05) is 25.5 Å². The second-order valence-corrected chi connectivity index (χ2v) is 8.01. The summed E-state index contributed by atoms with van der Waals surface area (Å²) in [6.07, 6.45) is 3.49. The Balaban J connectivity index is 1.89. The lowest BCUT2D eigenvalue weighted by Gasteiger charge is -2.17. The number of sulfonamides is 1. The van der Waals surface area contributed by atoms with E-state index < -0.39 is 10.0 Å². The molecule has 136 valence electrons. The number of carbonyl (C=O) groups excluding carboxylic acids is 2. The second-order valence-electron chi connectivity index (χ2n) is 5.96. The molecule has 0 aromatic heterocycles. The summed E-state index contributed by atoms with van der Waals surface area (Å²) < 4.78 is 26.2. The minimum absolute atomic E-state index is 0.0192. The van der Waals surface area contributed by atoms with Crippen molar-refractivity contribution in [2.45, 2.75) is 24.2 Å². The molecule has 2 amide bonds. The van der Waals surface area contributed by atoms with Gasteiger partial charge in [0.05, 0.1) is 4.90 Å². The number of rotatable bonds is 9. The minimum atomic E-state index is -3.61. The van der Waals surface area contributed by atoms with E-state index in [9.17, 15) is 18.0 Å². The number of benzene rings is 1. The summed E-state index contributed by atoms with van der Waals surface area (Å²) in [7, 11) is -2.11. The van der Waals surface area contributed by atoms with Crippen LogP contribution in [0.4, 0.5) is 5.69 Å². The third kappa shape index (κ3) is 5.40. The average molecular weight is 365 g/mol. The van der Waals surface area contributed by atoms with E-state index >= 15 is 0 Å². The van der Waals surface area contributed by atoms with Gasteiger partial charge in [-0.3, -0.25) is 9.59 Å². The van der Waals surface area contributed by atoms with Crippen molar-refractivity contribution in [1.82, 2.24) is 9.62 Å². The quantitative estimate of drug-likeness (QED) is 0.510. The highest BCUT2D eigenvalue weighted by Crippen LogP contribution is 2.30. The molecule has 7 nitrogen and oxygen atoms in total. The summed E-state index contributed by atoms with van der Waals surface area (Å²) in [5.74, 6) is -0.209. The van der Waals surface area contributed by atoms with Crippen molar-refractivity contribution in [3.8, 4) is 0 Å². The van der Waals surface area contributed by atoms with Gasteiger partial charge in [0.1, 0.15) is 0 Å². The molecular weight excluding hydrogens is 342 g/mol. The van der Waals surface area contributed by atoms with Gasteiger partial charge in [0.15, 0.2) is 0 Å². The van der Waals surface area contributed by atoms with E-state index in [0.29, 0.717) is 18.7 Å². The van der Waals surface area contributed by atoms with Crippen molar-refractivity contribution in [2.24, 2.45) is 5.92 Å². The fraction of sp³-hybridized carbons (Fsp3) is 0.412. The fourth-order valence-corrected chi connectivity index (χ4v) is 3.40. The van der Waals surface area contributed by atoms with Crippen LogP contribution in [-0.2, 0) is 19.6 Å². The Labute approximate surface area is 148 Å². The predicted molar refractivity (Wildman–Crippen MR) is 95.4 cm³/mol. The van der Waals surface area contributed by atoms with Crippen LogP contribution < -0.4 is 10.6 Å². The predicted octanol–water partition coefficient (Wildman–Crippen LogP) is 1.35. The Kier molecular flexibility index (Phi) is 6.33. The van der Waals surface area contributed by atoms with E-state index in [0.717, 1.165) is 12.8 Å². The Hall–Kier alpha value is -2.19. The molecule has 0 aliphatic heterocycles. The lowest BCUT2D eigenvalue weighted by molar-refractivity contribution is -0.117. The van der Waals surface area contributed by atoms with Gasteiger partial charge in [0, 0.05) is 31.7 Å². The average Bonchev–Trinajstić information content (AvgIpc) is 3.43. The van der Waals surface area contributed by atoms with Crippen LogP contribution in [-0.4, -0.2) is 44.7 Å². The fourth-order valence-electron chi connectivity index (χ4n) is 2.19. The maximum Gasteiger partial charge on any atom is 0.243 e. The Bertz CT molecular complexity index is 740. The first-order valence-corrected chi connectivity index (χ1v) is 9.56. The third-order valence-corrected chi connectivity index (χ3v) is 5.78. The second kappa shape index (κ2) is 8.26. The summed E-state index contributed by atoms with van der Waals surface area (Å²) >= 11 is 0. The number of nitrogens with zero attached hydrogens (tertiary/aromatic N) is 1. The van der Waals surface area contributed by atoms with Gasteiger partial charge in [-0.05, 0) is 49.6 Å². The maximum absolute atomic E-state index is 12.5. The Morgan fingerprint density at radius 1 is 1.28 bits per heavy atom. The van der Waals surface area contributed by atoms with E-state index in [1.807, 2.05) is 0 Å². The van der Waals surface area contributed by atoms with E-state index in [-0.39, 0.29) is 29.2 Å². The summed E-state index contributed by atoms with van der Waals surface area (Å²) in [4.78, 5) is 22.9. The molecule has 8 heteroatoms. The monoisotopic (exact) mass is 365 g/mol. The van der Waals surface area contributed by atoms with Crippen LogP contribution in [0.2, 0.25) is 0 Å². The lowest BCUT2D eigenvalue weighted by atomic mass is 10.3. The van der Waals surface area contributed by atoms with Crippen LogP contribution in [0.5, 0.6) is 0 Å². The highest BCUT2D eigenvalue weighted by molar-refractivity contribution is 7.89. The van der Waals surface area contributed by atoms with E-state index in [1.165, 1.54) is 29.6 Å². The standard InChI is InChI=1S/C17H23N3O4S/c1-3-16(21)18-11-4-12-20(2)25(23,24)15-9-7-14(8-10-15)19-17(22)13-5-6-13/h3,7-10,13H,1,4-6,11-12H2,2H3,(H,18,21)(H,19,22). The van der Waals surface area contributed by atoms with Gasteiger partial charge in [0.2, 0.25) is 21.8 Å². The zero-order chi connectivity index (χ0) is 18.4. The first-order valence-electron chi connectivity index (χ1n) is 8.12. The largest absolute Gasteiger partial charge is 0.353 e.